The van der Waals surface area contributed by atoms with Gasteiger partial charge in [0.25, 0.3) is 0 Å². The Labute approximate surface area is 85.2 Å². The standard InChI is InChI=1S/C8H7F2NO2.ClH/c1-5-3-2-4-11-6(5)8(9,10)7(12)13;/h2-4H,1H3,(H,12,13);1H. The molecule has 0 spiro atoms. The minimum atomic E-state index is -3.91. The average Bonchev–Trinajstić information content (AvgIpc) is 2.04. The molecule has 14 heavy (non-hydrogen) atoms. The van der Waals surface area contributed by atoms with E-state index in [1.165, 1.54) is 19.1 Å². The van der Waals surface area contributed by atoms with E-state index in [1.807, 2.05) is 0 Å². The van der Waals surface area contributed by atoms with Crippen molar-refractivity contribution in [3.63, 3.8) is 0 Å². The summed E-state index contributed by atoms with van der Waals surface area (Å²) in [7, 11) is 0. The Balaban J connectivity index is 0.00000169. The lowest BCUT2D eigenvalue weighted by atomic mass is 10.1. The van der Waals surface area contributed by atoms with E-state index < -0.39 is 17.6 Å². The van der Waals surface area contributed by atoms with Crippen molar-refractivity contribution >= 4 is 18.4 Å². The van der Waals surface area contributed by atoms with Gasteiger partial charge in [-0.2, -0.15) is 8.78 Å². The molecular formula is C8H8ClF2NO2. The van der Waals surface area contributed by atoms with Gasteiger partial charge in [-0.05, 0) is 18.6 Å². The van der Waals surface area contributed by atoms with Crippen LogP contribution in [0.2, 0.25) is 0 Å². The summed E-state index contributed by atoms with van der Waals surface area (Å²) in [5.41, 5.74) is -0.544. The highest BCUT2D eigenvalue weighted by molar-refractivity contribution is 5.85. The third-order valence-corrected chi connectivity index (χ3v) is 1.58. The van der Waals surface area contributed by atoms with Crippen LogP contribution in [0.5, 0.6) is 0 Å². The minimum absolute atomic E-state index is 0. The van der Waals surface area contributed by atoms with E-state index in [0.717, 1.165) is 6.20 Å². The molecule has 6 heteroatoms. The fourth-order valence-corrected chi connectivity index (χ4v) is 0.916. The van der Waals surface area contributed by atoms with Crippen molar-refractivity contribution in [1.82, 2.24) is 4.98 Å². The fourth-order valence-electron chi connectivity index (χ4n) is 0.916. The smallest absolute Gasteiger partial charge is 0.384 e. The van der Waals surface area contributed by atoms with Crippen LogP contribution < -0.4 is 0 Å². The highest BCUT2D eigenvalue weighted by Crippen LogP contribution is 2.28. The number of aromatic nitrogens is 1. The van der Waals surface area contributed by atoms with Gasteiger partial charge in [-0.3, -0.25) is 4.98 Å². The number of halogens is 3. The summed E-state index contributed by atoms with van der Waals surface area (Å²) in [6.07, 6.45) is 1.14. The molecule has 1 aromatic rings. The number of hydrogen-bond acceptors (Lipinski definition) is 2. The first-order valence-electron chi connectivity index (χ1n) is 3.49. The SMILES string of the molecule is Cc1cccnc1C(F)(F)C(=O)O.Cl. The number of rotatable bonds is 2. The second-order valence-corrected chi connectivity index (χ2v) is 2.55. The first kappa shape index (κ1) is 12.8. The molecule has 3 nitrogen and oxygen atoms in total. The van der Waals surface area contributed by atoms with Crippen molar-refractivity contribution in [2.24, 2.45) is 0 Å². The largest absolute Gasteiger partial charge is 0.476 e. The molecule has 1 rings (SSSR count). The molecule has 0 aliphatic rings. The number of pyridine rings is 1. The minimum Gasteiger partial charge on any atom is -0.476 e. The molecule has 0 fully saturated rings. The normalized spacial score (nSPS) is 10.5. The van der Waals surface area contributed by atoms with E-state index in [4.69, 9.17) is 5.11 Å². The number of carboxylic acid groups (broad SMARTS) is 1. The van der Waals surface area contributed by atoms with E-state index in [1.54, 1.807) is 0 Å². The van der Waals surface area contributed by atoms with Crippen molar-refractivity contribution < 1.29 is 18.7 Å². The summed E-state index contributed by atoms with van der Waals surface area (Å²) in [6.45, 7) is 1.39. The van der Waals surface area contributed by atoms with Gasteiger partial charge in [0.15, 0.2) is 0 Å². The van der Waals surface area contributed by atoms with Gasteiger partial charge in [0, 0.05) is 6.20 Å². The molecule has 0 aromatic carbocycles. The molecule has 0 atom stereocenters. The Bertz CT molecular complexity index is 344. The van der Waals surface area contributed by atoms with Gasteiger partial charge < -0.3 is 5.11 Å². The quantitative estimate of drug-likeness (QED) is 0.834. The van der Waals surface area contributed by atoms with Crippen LogP contribution in [0, 0.1) is 6.92 Å². The predicted octanol–water partition coefficient (Wildman–Crippen LogP) is 1.99. The van der Waals surface area contributed by atoms with Crippen LogP contribution in [0.1, 0.15) is 11.3 Å². The number of carbonyl (C=O) groups is 1. The Kier molecular flexibility index (Phi) is 3.94. The highest BCUT2D eigenvalue weighted by atomic mass is 35.5. The van der Waals surface area contributed by atoms with Crippen LogP contribution in [0.3, 0.4) is 0 Å². The first-order valence-corrected chi connectivity index (χ1v) is 3.49. The zero-order chi connectivity index (χ0) is 10.1. The summed E-state index contributed by atoms with van der Waals surface area (Å²) < 4.78 is 25.8. The van der Waals surface area contributed by atoms with E-state index in [9.17, 15) is 13.6 Å². The van der Waals surface area contributed by atoms with E-state index in [-0.39, 0.29) is 18.0 Å². The zero-order valence-electron chi connectivity index (χ0n) is 7.20. The number of alkyl halides is 2. The van der Waals surface area contributed by atoms with E-state index >= 15 is 0 Å². The summed E-state index contributed by atoms with van der Waals surface area (Å²) in [5.74, 6) is -6.10. The van der Waals surface area contributed by atoms with Gasteiger partial charge in [0.1, 0.15) is 5.69 Å². The Morgan fingerprint density at radius 1 is 1.57 bits per heavy atom. The molecule has 1 aromatic heterocycles. The van der Waals surface area contributed by atoms with Crippen molar-refractivity contribution in [3.05, 3.63) is 29.6 Å². The third-order valence-electron chi connectivity index (χ3n) is 1.58. The van der Waals surface area contributed by atoms with Gasteiger partial charge in [0.2, 0.25) is 0 Å². The van der Waals surface area contributed by atoms with Crippen LogP contribution in [0.25, 0.3) is 0 Å². The number of aryl methyl sites for hydroxylation is 1. The maximum absolute atomic E-state index is 12.9. The third kappa shape index (κ3) is 2.17. The van der Waals surface area contributed by atoms with Crippen LogP contribution in [0.4, 0.5) is 8.78 Å². The molecule has 0 bridgehead atoms. The summed E-state index contributed by atoms with van der Waals surface area (Å²) in [4.78, 5) is 13.5. The van der Waals surface area contributed by atoms with Gasteiger partial charge in [-0.15, -0.1) is 12.4 Å². The molecule has 1 heterocycles. The summed E-state index contributed by atoms with van der Waals surface area (Å²) >= 11 is 0. The second kappa shape index (κ2) is 4.32. The van der Waals surface area contributed by atoms with Crippen molar-refractivity contribution in [3.8, 4) is 0 Å². The lowest BCUT2D eigenvalue weighted by Crippen LogP contribution is -2.27. The maximum Gasteiger partial charge on any atom is 0.384 e. The van der Waals surface area contributed by atoms with E-state index in [2.05, 4.69) is 4.98 Å². The molecule has 0 saturated carbocycles. The first-order chi connectivity index (χ1) is 5.96. The lowest BCUT2D eigenvalue weighted by molar-refractivity contribution is -0.167. The molecular weight excluding hydrogens is 216 g/mol. The van der Waals surface area contributed by atoms with E-state index in [0.29, 0.717) is 0 Å². The summed E-state index contributed by atoms with van der Waals surface area (Å²) in [6, 6.07) is 2.86. The number of carboxylic acids is 1. The van der Waals surface area contributed by atoms with Crippen LogP contribution in [0.15, 0.2) is 18.3 Å². The number of hydrogen-bond donors (Lipinski definition) is 1. The predicted molar refractivity (Wildman–Crippen MR) is 47.8 cm³/mol. The van der Waals surface area contributed by atoms with Gasteiger partial charge in [-0.1, -0.05) is 6.07 Å². The number of nitrogens with zero attached hydrogens (tertiary/aromatic N) is 1. The topological polar surface area (TPSA) is 50.2 Å². The molecule has 0 radical (unpaired) electrons. The second-order valence-electron chi connectivity index (χ2n) is 2.55. The van der Waals surface area contributed by atoms with Gasteiger partial charge >= 0.3 is 11.9 Å². The molecule has 78 valence electrons. The number of aliphatic carboxylic acids is 1. The monoisotopic (exact) mass is 223 g/mol. The molecule has 1 N–H and O–H groups in total. The summed E-state index contributed by atoms with van der Waals surface area (Å²) in [5, 5.41) is 8.23. The van der Waals surface area contributed by atoms with Crippen LogP contribution in [-0.4, -0.2) is 16.1 Å². The zero-order valence-corrected chi connectivity index (χ0v) is 8.02. The molecule has 0 aliphatic carbocycles. The van der Waals surface area contributed by atoms with Gasteiger partial charge in [0.05, 0.1) is 0 Å². The van der Waals surface area contributed by atoms with Crippen LogP contribution >= 0.6 is 12.4 Å². The molecule has 0 amide bonds. The van der Waals surface area contributed by atoms with Crippen molar-refractivity contribution in [1.29, 1.82) is 0 Å². The average molecular weight is 224 g/mol. The molecule has 0 saturated heterocycles. The Morgan fingerprint density at radius 2 is 2.14 bits per heavy atom. The highest BCUT2D eigenvalue weighted by Gasteiger charge is 2.43. The van der Waals surface area contributed by atoms with Crippen LogP contribution in [-0.2, 0) is 10.7 Å². The molecule has 0 aliphatic heterocycles. The Morgan fingerprint density at radius 3 is 2.57 bits per heavy atom. The molecule has 0 unspecified atom stereocenters. The Hall–Kier alpha value is -1.23. The van der Waals surface area contributed by atoms with Gasteiger partial charge in [-0.25, -0.2) is 4.79 Å². The fraction of sp³-hybridized carbons (Fsp3) is 0.250. The maximum atomic E-state index is 12.9. The lowest BCUT2D eigenvalue weighted by Gasteiger charge is -2.11. The van der Waals surface area contributed by atoms with Crippen molar-refractivity contribution in [2.45, 2.75) is 12.8 Å². The van der Waals surface area contributed by atoms with Crippen molar-refractivity contribution in [2.75, 3.05) is 0 Å².